The molecule has 1 heterocycles. The molecule has 0 aromatic heterocycles. The van der Waals surface area contributed by atoms with E-state index in [1.54, 1.807) is 0 Å². The number of amides is 2. The molecule has 0 bridgehead atoms. The van der Waals surface area contributed by atoms with Crippen molar-refractivity contribution >= 4 is 11.8 Å². The Bertz CT molecular complexity index is 537. The van der Waals surface area contributed by atoms with E-state index in [0.29, 0.717) is 39.0 Å². The minimum atomic E-state index is 0.187. The van der Waals surface area contributed by atoms with Gasteiger partial charge >= 0.3 is 0 Å². The van der Waals surface area contributed by atoms with Gasteiger partial charge in [-0.2, -0.15) is 0 Å². The van der Waals surface area contributed by atoms with Crippen LogP contribution in [0, 0.1) is 0 Å². The Labute approximate surface area is 145 Å². The fourth-order valence-electron chi connectivity index (χ4n) is 2.97. The maximum absolute atomic E-state index is 12.5. The van der Waals surface area contributed by atoms with Gasteiger partial charge in [0.1, 0.15) is 0 Å². The van der Waals surface area contributed by atoms with Gasteiger partial charge in [-0.25, -0.2) is 0 Å². The Balaban J connectivity index is 1.77. The molecule has 1 saturated heterocycles. The van der Waals surface area contributed by atoms with Crippen molar-refractivity contribution in [3.05, 3.63) is 35.9 Å². The Morgan fingerprint density at radius 1 is 1.00 bits per heavy atom. The number of piperazine rings is 1. The van der Waals surface area contributed by atoms with Crippen LogP contribution in [-0.2, 0) is 9.59 Å². The van der Waals surface area contributed by atoms with Crippen molar-refractivity contribution in [3.63, 3.8) is 0 Å². The van der Waals surface area contributed by atoms with Crippen LogP contribution in [0.4, 0.5) is 0 Å². The highest BCUT2D eigenvalue weighted by molar-refractivity contribution is 5.79. The average Bonchev–Trinajstić information content (AvgIpc) is 2.60. The van der Waals surface area contributed by atoms with Crippen molar-refractivity contribution < 1.29 is 9.59 Å². The minimum absolute atomic E-state index is 0.187. The Morgan fingerprint density at radius 3 is 2.08 bits per heavy atom. The fraction of sp³-hybridized carbons (Fsp3) is 0.579. The lowest BCUT2D eigenvalue weighted by Gasteiger charge is -2.35. The third-order valence-corrected chi connectivity index (χ3v) is 4.61. The molecule has 1 unspecified atom stereocenters. The second kappa shape index (κ2) is 8.83. The summed E-state index contributed by atoms with van der Waals surface area (Å²) in [5, 5.41) is 0. The topological polar surface area (TPSA) is 43.9 Å². The van der Waals surface area contributed by atoms with Gasteiger partial charge in [-0.3, -0.25) is 9.59 Å². The van der Waals surface area contributed by atoms with Crippen LogP contribution in [0.2, 0.25) is 0 Å². The molecule has 1 atom stereocenters. The van der Waals surface area contributed by atoms with E-state index in [9.17, 15) is 9.59 Å². The summed E-state index contributed by atoms with van der Waals surface area (Å²) < 4.78 is 0. The van der Waals surface area contributed by atoms with E-state index in [0.717, 1.165) is 6.54 Å². The maximum atomic E-state index is 12.5. The summed E-state index contributed by atoms with van der Waals surface area (Å²) in [7, 11) is 3.94. The smallest absolute Gasteiger partial charge is 0.223 e. The molecule has 0 N–H and O–H groups in total. The van der Waals surface area contributed by atoms with E-state index in [2.05, 4.69) is 19.1 Å². The van der Waals surface area contributed by atoms with Crippen LogP contribution in [0.15, 0.2) is 30.3 Å². The van der Waals surface area contributed by atoms with Crippen molar-refractivity contribution in [1.29, 1.82) is 0 Å². The first-order valence-corrected chi connectivity index (χ1v) is 8.72. The van der Waals surface area contributed by atoms with E-state index in [4.69, 9.17) is 0 Å². The lowest BCUT2D eigenvalue weighted by atomic mass is 9.97. The van der Waals surface area contributed by atoms with Gasteiger partial charge < -0.3 is 14.7 Å². The molecule has 24 heavy (non-hydrogen) atoms. The first-order valence-electron chi connectivity index (χ1n) is 8.72. The summed E-state index contributed by atoms with van der Waals surface area (Å²) in [5.74, 6) is 0.596. The number of carbonyl (C=O) groups is 2. The number of nitrogens with zero attached hydrogens (tertiary/aromatic N) is 3. The highest BCUT2D eigenvalue weighted by atomic mass is 16.2. The van der Waals surface area contributed by atoms with Crippen LogP contribution in [0.3, 0.4) is 0 Å². The molecule has 1 aliphatic rings. The van der Waals surface area contributed by atoms with E-state index in [-0.39, 0.29) is 17.7 Å². The molecule has 1 aliphatic heterocycles. The van der Waals surface area contributed by atoms with Crippen LogP contribution in [-0.4, -0.2) is 73.3 Å². The van der Waals surface area contributed by atoms with E-state index in [1.807, 2.05) is 47.0 Å². The molecule has 1 aromatic rings. The number of rotatable bonds is 6. The molecular formula is C19H29N3O2. The van der Waals surface area contributed by atoms with Crippen LogP contribution >= 0.6 is 0 Å². The predicted molar refractivity (Wildman–Crippen MR) is 95.8 cm³/mol. The van der Waals surface area contributed by atoms with Gasteiger partial charge in [-0.05, 0) is 25.6 Å². The molecule has 1 aromatic carbocycles. The summed E-state index contributed by atoms with van der Waals surface area (Å²) in [6.07, 6.45) is 1.07. The quantitative estimate of drug-likeness (QED) is 0.798. The van der Waals surface area contributed by atoms with Crippen molar-refractivity contribution in [2.75, 3.05) is 46.8 Å². The monoisotopic (exact) mass is 331 g/mol. The van der Waals surface area contributed by atoms with Gasteiger partial charge in [0.05, 0.1) is 0 Å². The van der Waals surface area contributed by atoms with E-state index in [1.165, 1.54) is 5.56 Å². The van der Waals surface area contributed by atoms with Crippen LogP contribution in [0.25, 0.3) is 0 Å². The van der Waals surface area contributed by atoms with Crippen molar-refractivity contribution in [2.24, 2.45) is 0 Å². The molecule has 132 valence electrons. The highest BCUT2D eigenvalue weighted by Gasteiger charge is 2.25. The second-order valence-corrected chi connectivity index (χ2v) is 6.83. The molecular weight excluding hydrogens is 302 g/mol. The second-order valence-electron chi connectivity index (χ2n) is 6.83. The predicted octanol–water partition coefficient (Wildman–Crippen LogP) is 1.80. The van der Waals surface area contributed by atoms with E-state index >= 15 is 0 Å². The van der Waals surface area contributed by atoms with Crippen LogP contribution in [0.5, 0.6) is 0 Å². The first kappa shape index (κ1) is 18.5. The number of benzene rings is 1. The Morgan fingerprint density at radius 2 is 1.54 bits per heavy atom. The molecule has 0 spiro atoms. The average molecular weight is 331 g/mol. The Hall–Kier alpha value is -1.88. The van der Waals surface area contributed by atoms with Gasteiger partial charge in [0.15, 0.2) is 0 Å². The maximum Gasteiger partial charge on any atom is 0.223 e. The normalized spacial score (nSPS) is 16.3. The van der Waals surface area contributed by atoms with Crippen molar-refractivity contribution in [2.45, 2.75) is 25.7 Å². The zero-order valence-corrected chi connectivity index (χ0v) is 15.1. The third kappa shape index (κ3) is 5.34. The third-order valence-electron chi connectivity index (χ3n) is 4.61. The molecule has 0 saturated carbocycles. The summed E-state index contributed by atoms with van der Waals surface area (Å²) in [6, 6.07) is 10.1. The summed E-state index contributed by atoms with van der Waals surface area (Å²) in [6.45, 7) is 5.46. The highest BCUT2D eigenvalue weighted by Crippen LogP contribution is 2.20. The summed E-state index contributed by atoms with van der Waals surface area (Å²) >= 11 is 0. The van der Waals surface area contributed by atoms with Crippen LogP contribution in [0.1, 0.15) is 31.2 Å². The number of hydrogen-bond acceptors (Lipinski definition) is 3. The number of carbonyl (C=O) groups excluding carboxylic acids is 2. The van der Waals surface area contributed by atoms with Crippen LogP contribution < -0.4 is 0 Å². The van der Waals surface area contributed by atoms with Gasteiger partial charge in [0.2, 0.25) is 11.8 Å². The Kier molecular flexibility index (Phi) is 6.79. The summed E-state index contributed by atoms with van der Waals surface area (Å²) in [5.41, 5.74) is 1.20. The molecule has 0 radical (unpaired) electrons. The molecule has 1 fully saturated rings. The zero-order valence-electron chi connectivity index (χ0n) is 15.1. The fourth-order valence-corrected chi connectivity index (χ4v) is 2.97. The van der Waals surface area contributed by atoms with Crippen molar-refractivity contribution in [1.82, 2.24) is 14.7 Å². The summed E-state index contributed by atoms with van der Waals surface area (Å²) in [4.78, 5) is 30.4. The standard InChI is InChI=1S/C19H29N3O2/c1-16(17-7-5-4-6-8-17)15-19(24)22-13-11-21(12-14-22)18(23)9-10-20(2)3/h4-8,16H,9-15H2,1-3H3. The van der Waals surface area contributed by atoms with Gasteiger partial charge in [-0.1, -0.05) is 37.3 Å². The molecule has 5 heteroatoms. The van der Waals surface area contributed by atoms with Gasteiger partial charge in [-0.15, -0.1) is 0 Å². The lowest BCUT2D eigenvalue weighted by Crippen LogP contribution is -2.51. The SMILES string of the molecule is CC(CC(=O)N1CCN(C(=O)CCN(C)C)CC1)c1ccccc1. The minimum Gasteiger partial charge on any atom is -0.339 e. The molecule has 2 amide bonds. The molecule has 2 rings (SSSR count). The van der Waals surface area contributed by atoms with Gasteiger partial charge in [0, 0.05) is 45.6 Å². The zero-order chi connectivity index (χ0) is 17.5. The molecule has 0 aliphatic carbocycles. The lowest BCUT2D eigenvalue weighted by molar-refractivity contribution is -0.139. The van der Waals surface area contributed by atoms with E-state index < -0.39 is 0 Å². The van der Waals surface area contributed by atoms with Gasteiger partial charge in [0.25, 0.3) is 0 Å². The first-order chi connectivity index (χ1) is 11.5. The molecule has 5 nitrogen and oxygen atoms in total. The largest absolute Gasteiger partial charge is 0.339 e. The van der Waals surface area contributed by atoms with Crippen molar-refractivity contribution in [3.8, 4) is 0 Å². The number of hydrogen-bond donors (Lipinski definition) is 0.